The number of carbonyl (C=O) groups excluding carboxylic acids is 5. The lowest BCUT2D eigenvalue weighted by molar-refractivity contribution is 0.00579. The van der Waals surface area contributed by atoms with Crippen LogP contribution in [0.5, 0.6) is 57.5 Å². The largest absolute Gasteiger partial charge is 0.504 e. The summed E-state index contributed by atoms with van der Waals surface area (Å²) >= 11 is 5.41. The van der Waals surface area contributed by atoms with E-state index in [1.807, 2.05) is 41.5 Å². The molecule has 0 spiro atoms. The number of hydrogen-bond acceptors (Lipinski definition) is 21. The van der Waals surface area contributed by atoms with Gasteiger partial charge in [0.05, 0.1) is 54.3 Å². The summed E-state index contributed by atoms with van der Waals surface area (Å²) in [7, 11) is 0. The van der Waals surface area contributed by atoms with Gasteiger partial charge in [-0.3, -0.25) is 24.0 Å². The molecule has 5 aromatic carbocycles. The van der Waals surface area contributed by atoms with Gasteiger partial charge in [0.25, 0.3) is 11.8 Å². The van der Waals surface area contributed by atoms with Crippen molar-refractivity contribution in [2.24, 2.45) is 0 Å². The molecule has 0 radical (unpaired) electrons. The second-order valence-corrected chi connectivity index (χ2v) is 27.4. The van der Waals surface area contributed by atoms with Crippen LogP contribution in [0, 0.1) is 29.1 Å². The molecule has 560 valence electrons. The quantitative estimate of drug-likeness (QED) is 0.0186. The summed E-state index contributed by atoms with van der Waals surface area (Å²) in [6.07, 6.45) is 6.39. The van der Waals surface area contributed by atoms with E-state index in [9.17, 15) is 51.0 Å². The van der Waals surface area contributed by atoms with Crippen molar-refractivity contribution in [3.05, 3.63) is 190 Å². The first-order valence-corrected chi connectivity index (χ1v) is 35.2. The van der Waals surface area contributed by atoms with Crippen molar-refractivity contribution in [3.63, 3.8) is 0 Å². The second kappa shape index (κ2) is 33.1. The lowest BCUT2D eigenvalue weighted by Crippen LogP contribution is -2.51. The standard InChI is InChI=1S/2C19H18FN5O3.C12H12FIO3.C12H13FO3.C8H7FO3.C4H7Br/c2*1-10-12-5-11(20)6-14-16(12)28-19(2,9-27-14)8-21-18(26)13-7-22-25-4-3-15(23-10)24-17(13)25;1-7(15)9-3-8(13)4-10-11(9)17-12(2,5-14)6-16-10;1-7(2)6-16-11-5-9(13)4-10(8(3)14)12(11)15;1-4(10)6-2-5(9)3-7(11)8(6)12;1-4(2)3-5/h2*3-7,10H,8-9H2,1-2H3,(H,21,26)(H,23,24);3-4H,5-6H2,1-2H3;4-5,15H,1,6H2,2-3H3;2-3,11-12H,1H3;1,3H2,2H3/t10-,19+;10-,19-;;;;/m11..../s1. The monoisotopic (exact) mass is 1640 g/mol. The van der Waals surface area contributed by atoms with E-state index in [4.69, 9.17) is 43.4 Å². The first-order chi connectivity index (χ1) is 50.0. The van der Waals surface area contributed by atoms with Crippen molar-refractivity contribution in [2.45, 2.75) is 98.1 Å². The SMILES string of the molecule is C=C(C)CBr.C=C(C)COc1cc(F)cc(C(C)=O)c1O.CC(=O)c1cc(F)cc(O)c1O.CC(=O)c1cc(F)cc2c1OC(C)(CI)CO2.C[C@H]1Nc2ccn3ncc(c3n2)C(=O)NC[C@@]2(C)COc3cc(F)cc1c3O2.C[C@H]1Nc2ccn3ncc(c3n2)C(=O)NC[C@]2(C)COc3cc(F)cc1c3O2. The van der Waals surface area contributed by atoms with E-state index in [2.05, 4.69) is 93.1 Å². The number of anilines is 2. The number of Topliss-reactive ketones (excluding diaryl/α,β-unsaturated/α-hetero) is 3. The zero-order chi connectivity index (χ0) is 77.4. The van der Waals surface area contributed by atoms with Gasteiger partial charge in [-0.25, -0.2) is 41.0 Å². The van der Waals surface area contributed by atoms with E-state index in [-0.39, 0.29) is 90.8 Å². The van der Waals surface area contributed by atoms with E-state index in [1.54, 1.807) is 31.5 Å². The van der Waals surface area contributed by atoms with Crippen LogP contribution in [-0.4, -0.2) is 140 Å². The third-order valence-electron chi connectivity index (χ3n) is 16.1. The van der Waals surface area contributed by atoms with E-state index in [1.165, 1.54) is 84.2 Å². The topological polar surface area (TPSA) is 319 Å². The number of phenols is 3. The molecule has 0 fully saturated rings. The van der Waals surface area contributed by atoms with Gasteiger partial charge >= 0.3 is 0 Å². The van der Waals surface area contributed by atoms with Crippen LogP contribution in [-0.2, 0) is 0 Å². The molecule has 0 saturated carbocycles. The Morgan fingerprint density at radius 3 is 1.43 bits per heavy atom. The number of rotatable bonds is 8. The summed E-state index contributed by atoms with van der Waals surface area (Å²) in [4.78, 5) is 67.7. The van der Waals surface area contributed by atoms with Gasteiger partial charge in [-0.05, 0) is 117 Å². The van der Waals surface area contributed by atoms with E-state index >= 15 is 0 Å². The molecule has 9 heterocycles. The molecule has 0 aliphatic carbocycles. The third-order valence-corrected chi connectivity index (χ3v) is 18.7. The molecule has 8 bridgehead atoms. The van der Waals surface area contributed by atoms with Crippen LogP contribution in [0.15, 0.2) is 122 Å². The number of nitrogens with zero attached hydrogens (tertiary/aromatic N) is 6. The molecule has 4 aromatic heterocycles. The fourth-order valence-corrected chi connectivity index (χ4v) is 11.0. The van der Waals surface area contributed by atoms with Crippen molar-refractivity contribution in [1.29, 1.82) is 0 Å². The number of ether oxygens (including phenoxy) is 7. The lowest BCUT2D eigenvalue weighted by Gasteiger charge is -2.37. The number of hydrogen-bond donors (Lipinski definition) is 7. The van der Waals surface area contributed by atoms with Crippen LogP contribution >= 0.6 is 38.5 Å². The summed E-state index contributed by atoms with van der Waals surface area (Å²) < 4.78 is 112. The Labute approximate surface area is 626 Å². The molecule has 5 aliphatic rings. The van der Waals surface area contributed by atoms with Crippen LogP contribution in [0.3, 0.4) is 0 Å². The molecule has 9 aromatic rings. The number of amides is 2. The number of fused-ring (bicyclic) bond motifs is 5. The Hall–Kier alpha value is -10.8. The zero-order valence-corrected chi connectivity index (χ0v) is 62.8. The highest BCUT2D eigenvalue weighted by atomic mass is 127. The van der Waals surface area contributed by atoms with Gasteiger partial charge in [-0.15, -0.1) is 0 Å². The maximum Gasteiger partial charge on any atom is 0.256 e. The predicted octanol–water partition coefficient (Wildman–Crippen LogP) is 13.7. The normalized spacial score (nSPS) is 19.0. The molecule has 14 rings (SSSR count). The average Bonchev–Trinajstić information content (AvgIpc) is 1.08. The smallest absolute Gasteiger partial charge is 0.256 e. The number of ketones is 3. The van der Waals surface area contributed by atoms with Gasteiger partial charge in [-0.2, -0.15) is 10.2 Å². The summed E-state index contributed by atoms with van der Waals surface area (Å²) in [5.74, 6) is -2.68. The lowest BCUT2D eigenvalue weighted by atomic mass is 10.0. The van der Waals surface area contributed by atoms with Gasteiger partial charge in [0.15, 0.2) is 97.3 Å². The fraction of sp³-hybridized carbons (Fsp3) is 0.311. The van der Waals surface area contributed by atoms with Crippen molar-refractivity contribution >= 4 is 90.6 Å². The Kier molecular flexibility index (Phi) is 24.8. The number of halogens is 7. The number of benzene rings is 5. The third kappa shape index (κ3) is 19.0. The van der Waals surface area contributed by atoms with Gasteiger partial charge in [0.1, 0.15) is 83.9 Å². The minimum absolute atomic E-state index is 0.0480. The van der Waals surface area contributed by atoms with Crippen LogP contribution < -0.4 is 54.4 Å². The second-order valence-electron chi connectivity index (χ2n) is 26.1. The number of carbonyl (C=O) groups is 5. The Bertz CT molecular complexity index is 4750. The molecule has 0 saturated heterocycles. The minimum Gasteiger partial charge on any atom is -0.504 e. The Balaban J connectivity index is 0.000000156. The summed E-state index contributed by atoms with van der Waals surface area (Å²) in [5.41, 5.74) is 2.56. The van der Waals surface area contributed by atoms with E-state index in [0.29, 0.717) is 86.3 Å². The van der Waals surface area contributed by atoms with Crippen molar-refractivity contribution in [3.8, 4) is 57.5 Å². The zero-order valence-electron chi connectivity index (χ0n) is 59.0. The van der Waals surface area contributed by atoms with Crippen molar-refractivity contribution in [2.75, 3.05) is 59.9 Å². The Morgan fingerprint density at radius 1 is 0.594 bits per heavy atom. The molecule has 2 amide bonds. The highest BCUT2D eigenvalue weighted by molar-refractivity contribution is 14.1. The van der Waals surface area contributed by atoms with Gasteiger partial charge in [-0.1, -0.05) is 57.3 Å². The highest BCUT2D eigenvalue weighted by Crippen LogP contribution is 2.45. The number of aromatic hydroxyl groups is 3. The van der Waals surface area contributed by atoms with Crippen LogP contribution in [0.1, 0.15) is 144 Å². The highest BCUT2D eigenvalue weighted by Gasteiger charge is 2.40. The maximum atomic E-state index is 14.2. The molecular weight excluding hydrogens is 1570 g/mol. The average molecular weight is 1650 g/mol. The summed E-state index contributed by atoms with van der Waals surface area (Å²) in [6.45, 7) is 25.4. The molecule has 106 heavy (non-hydrogen) atoms. The first kappa shape index (κ1) is 79.3. The predicted molar refractivity (Wildman–Crippen MR) is 393 cm³/mol. The number of aromatic nitrogens is 6. The molecule has 5 aliphatic heterocycles. The van der Waals surface area contributed by atoms with Gasteiger partial charge in [0, 0.05) is 63.6 Å². The number of alkyl halides is 2. The number of phenolic OH excluding ortho intramolecular Hbond substituents is 3. The van der Waals surface area contributed by atoms with Crippen LogP contribution in [0.2, 0.25) is 0 Å². The molecular formula is C74H75BrF5IN10O15. The fourth-order valence-electron chi connectivity index (χ4n) is 10.6. The van der Waals surface area contributed by atoms with Crippen molar-refractivity contribution < 1.29 is 94.4 Å². The molecule has 5 atom stereocenters. The summed E-state index contributed by atoms with van der Waals surface area (Å²) in [5, 5.41) is 49.1. The Morgan fingerprint density at radius 2 is 1.00 bits per heavy atom. The van der Waals surface area contributed by atoms with Crippen LogP contribution in [0.25, 0.3) is 11.3 Å². The first-order valence-electron chi connectivity index (χ1n) is 32.5. The van der Waals surface area contributed by atoms with Gasteiger partial charge < -0.3 is 69.7 Å². The molecule has 1 unspecified atom stereocenters. The maximum absolute atomic E-state index is 14.2. The van der Waals surface area contributed by atoms with E-state index < -0.39 is 69.0 Å². The molecule has 32 heteroatoms. The van der Waals surface area contributed by atoms with Gasteiger partial charge in [0.2, 0.25) is 0 Å². The van der Waals surface area contributed by atoms with E-state index in [0.717, 1.165) is 39.6 Å². The minimum atomic E-state index is -0.804. The number of nitrogens with one attached hydrogen (secondary N) is 4. The molecule has 7 N–H and O–H groups in total. The van der Waals surface area contributed by atoms with Crippen molar-refractivity contribution in [1.82, 2.24) is 39.8 Å². The number of allylic oxidation sites excluding steroid dienone is 1. The van der Waals surface area contributed by atoms with Crippen LogP contribution in [0.4, 0.5) is 33.6 Å². The summed E-state index contributed by atoms with van der Waals surface area (Å²) in [6, 6.07) is 14.4. The molecule has 25 nitrogen and oxygen atoms in total.